The van der Waals surface area contributed by atoms with Gasteiger partial charge >= 0.3 is 5.97 Å². The highest BCUT2D eigenvalue weighted by molar-refractivity contribution is 7.20. The molecule has 0 fully saturated rings. The van der Waals surface area contributed by atoms with E-state index in [0.29, 0.717) is 12.0 Å². The summed E-state index contributed by atoms with van der Waals surface area (Å²) in [5.74, 6) is -0.959. The van der Waals surface area contributed by atoms with Crippen molar-refractivity contribution in [1.29, 1.82) is 0 Å². The highest BCUT2D eigenvalue weighted by Gasteiger charge is 2.08. The summed E-state index contributed by atoms with van der Waals surface area (Å²) in [6.07, 6.45) is 2.15. The standard InChI is InChI=1S/C9H5NO3S/c11-4-6-1-5-2-7(9(12)13)14-8(5)3-10-6/h1-4H,(H,12,13). The van der Waals surface area contributed by atoms with Crippen LogP contribution in [0.4, 0.5) is 0 Å². The summed E-state index contributed by atoms with van der Waals surface area (Å²) >= 11 is 1.15. The maximum atomic E-state index is 10.6. The van der Waals surface area contributed by atoms with Gasteiger partial charge in [-0.3, -0.25) is 9.78 Å². The number of thiophene rings is 1. The van der Waals surface area contributed by atoms with Crippen molar-refractivity contribution in [2.45, 2.75) is 0 Å². The van der Waals surface area contributed by atoms with E-state index in [-0.39, 0.29) is 4.88 Å². The van der Waals surface area contributed by atoms with Crippen LogP contribution in [0.3, 0.4) is 0 Å². The van der Waals surface area contributed by atoms with E-state index in [4.69, 9.17) is 5.11 Å². The molecule has 4 nitrogen and oxygen atoms in total. The number of aromatic carboxylic acids is 1. The first-order valence-corrected chi connectivity index (χ1v) is 4.60. The second kappa shape index (κ2) is 3.19. The average molecular weight is 207 g/mol. The second-order valence-electron chi connectivity index (χ2n) is 2.68. The molecular weight excluding hydrogens is 202 g/mol. The van der Waals surface area contributed by atoms with E-state index in [9.17, 15) is 9.59 Å². The van der Waals surface area contributed by atoms with Gasteiger partial charge in [-0.25, -0.2) is 4.79 Å². The molecule has 5 heteroatoms. The molecule has 1 N–H and O–H groups in total. The summed E-state index contributed by atoms with van der Waals surface area (Å²) in [5, 5.41) is 9.47. The normalized spacial score (nSPS) is 10.3. The number of carbonyl (C=O) groups is 2. The summed E-state index contributed by atoms with van der Waals surface area (Å²) in [7, 11) is 0. The molecule has 0 saturated heterocycles. The van der Waals surface area contributed by atoms with Gasteiger partial charge in [-0.15, -0.1) is 11.3 Å². The van der Waals surface area contributed by atoms with Crippen LogP contribution in [0.25, 0.3) is 10.1 Å². The van der Waals surface area contributed by atoms with E-state index in [0.717, 1.165) is 21.4 Å². The molecule has 14 heavy (non-hydrogen) atoms. The van der Waals surface area contributed by atoms with Crippen molar-refractivity contribution >= 4 is 33.7 Å². The van der Waals surface area contributed by atoms with Crippen molar-refractivity contribution in [3.8, 4) is 0 Å². The second-order valence-corrected chi connectivity index (χ2v) is 3.76. The fraction of sp³-hybridized carbons (Fsp3) is 0. The molecule has 0 bridgehead atoms. The highest BCUT2D eigenvalue weighted by atomic mass is 32.1. The Morgan fingerprint density at radius 2 is 2.29 bits per heavy atom. The van der Waals surface area contributed by atoms with E-state index in [1.807, 2.05) is 0 Å². The number of hydrogen-bond donors (Lipinski definition) is 1. The Hall–Kier alpha value is -1.75. The van der Waals surface area contributed by atoms with E-state index < -0.39 is 5.97 Å². The first kappa shape index (κ1) is 8.83. The first-order chi connectivity index (χ1) is 6.70. The lowest BCUT2D eigenvalue weighted by Gasteiger charge is -1.88. The minimum Gasteiger partial charge on any atom is -0.477 e. The Kier molecular flexibility index (Phi) is 2.01. The number of carboxylic acid groups (broad SMARTS) is 1. The van der Waals surface area contributed by atoms with Crippen LogP contribution < -0.4 is 0 Å². The van der Waals surface area contributed by atoms with Crippen LogP contribution in [0.15, 0.2) is 18.3 Å². The van der Waals surface area contributed by atoms with Crippen LogP contribution in [-0.2, 0) is 0 Å². The van der Waals surface area contributed by atoms with Crippen molar-refractivity contribution in [2.24, 2.45) is 0 Å². The number of carboxylic acids is 1. The third-order valence-corrected chi connectivity index (χ3v) is 2.83. The SMILES string of the molecule is O=Cc1cc2cc(C(=O)O)sc2cn1. The average Bonchev–Trinajstić information content (AvgIpc) is 2.59. The van der Waals surface area contributed by atoms with Gasteiger partial charge in [0, 0.05) is 6.20 Å². The van der Waals surface area contributed by atoms with Gasteiger partial charge in [0.15, 0.2) is 6.29 Å². The predicted octanol–water partition coefficient (Wildman–Crippen LogP) is 1.81. The van der Waals surface area contributed by atoms with Crippen LogP contribution in [0, 0.1) is 0 Å². The van der Waals surface area contributed by atoms with Gasteiger partial charge in [0.05, 0.1) is 4.70 Å². The van der Waals surface area contributed by atoms with Gasteiger partial charge in [-0.1, -0.05) is 0 Å². The van der Waals surface area contributed by atoms with Crippen molar-refractivity contribution in [3.63, 3.8) is 0 Å². The zero-order chi connectivity index (χ0) is 10.1. The number of rotatable bonds is 2. The number of carbonyl (C=O) groups excluding carboxylic acids is 1. The van der Waals surface area contributed by atoms with E-state index in [2.05, 4.69) is 4.98 Å². The van der Waals surface area contributed by atoms with Crippen LogP contribution in [0.5, 0.6) is 0 Å². The lowest BCUT2D eigenvalue weighted by Crippen LogP contribution is -1.89. The Morgan fingerprint density at radius 1 is 1.50 bits per heavy atom. The molecule has 0 spiro atoms. The van der Waals surface area contributed by atoms with Gasteiger partial charge in [-0.05, 0) is 17.5 Å². The summed E-state index contributed by atoms with van der Waals surface area (Å²) < 4.78 is 0.771. The smallest absolute Gasteiger partial charge is 0.345 e. The summed E-state index contributed by atoms with van der Waals surface area (Å²) in [6, 6.07) is 3.11. The summed E-state index contributed by atoms with van der Waals surface area (Å²) in [6.45, 7) is 0. The Balaban J connectivity index is 2.65. The van der Waals surface area contributed by atoms with E-state index >= 15 is 0 Å². The lowest BCUT2D eigenvalue weighted by molar-refractivity contribution is 0.0702. The Bertz CT molecular complexity index is 518. The van der Waals surface area contributed by atoms with Gasteiger partial charge < -0.3 is 5.11 Å². The molecule has 0 saturated carbocycles. The van der Waals surface area contributed by atoms with E-state index in [1.54, 1.807) is 6.07 Å². The zero-order valence-electron chi connectivity index (χ0n) is 6.93. The van der Waals surface area contributed by atoms with Crippen molar-refractivity contribution in [2.75, 3.05) is 0 Å². The van der Waals surface area contributed by atoms with Crippen LogP contribution in [0.2, 0.25) is 0 Å². The number of hydrogen-bond acceptors (Lipinski definition) is 4. The first-order valence-electron chi connectivity index (χ1n) is 3.79. The van der Waals surface area contributed by atoms with Crippen LogP contribution >= 0.6 is 11.3 Å². The lowest BCUT2D eigenvalue weighted by atomic mass is 10.2. The van der Waals surface area contributed by atoms with Gasteiger partial charge in [0.1, 0.15) is 10.6 Å². The molecule has 2 heterocycles. The molecule has 2 rings (SSSR count). The van der Waals surface area contributed by atoms with Crippen LogP contribution in [0.1, 0.15) is 20.2 Å². The molecule has 0 amide bonds. The largest absolute Gasteiger partial charge is 0.477 e. The van der Waals surface area contributed by atoms with Crippen molar-refractivity contribution in [3.05, 3.63) is 28.9 Å². The Morgan fingerprint density at radius 3 is 2.93 bits per heavy atom. The van der Waals surface area contributed by atoms with Crippen molar-refractivity contribution < 1.29 is 14.7 Å². The van der Waals surface area contributed by atoms with E-state index in [1.165, 1.54) is 12.3 Å². The molecule has 0 atom stereocenters. The summed E-state index contributed by atoms with van der Waals surface area (Å²) in [5.41, 5.74) is 0.312. The fourth-order valence-corrected chi connectivity index (χ4v) is 1.98. The van der Waals surface area contributed by atoms with Gasteiger partial charge in [-0.2, -0.15) is 0 Å². The molecule has 0 aliphatic carbocycles. The zero-order valence-corrected chi connectivity index (χ0v) is 7.75. The number of pyridine rings is 1. The minimum atomic E-state index is -0.959. The quantitative estimate of drug-likeness (QED) is 0.762. The monoisotopic (exact) mass is 207 g/mol. The number of nitrogens with zero attached hydrogens (tertiary/aromatic N) is 1. The topological polar surface area (TPSA) is 67.3 Å². The predicted molar refractivity (Wildman–Crippen MR) is 52.0 cm³/mol. The third kappa shape index (κ3) is 1.38. The highest BCUT2D eigenvalue weighted by Crippen LogP contribution is 2.24. The molecular formula is C9H5NO3S. The minimum absolute atomic E-state index is 0.254. The maximum absolute atomic E-state index is 10.6. The molecule has 2 aromatic rings. The molecule has 70 valence electrons. The van der Waals surface area contributed by atoms with Gasteiger partial charge in [0.25, 0.3) is 0 Å². The van der Waals surface area contributed by atoms with Crippen molar-refractivity contribution in [1.82, 2.24) is 4.98 Å². The number of aromatic nitrogens is 1. The Labute approximate surface area is 82.8 Å². The number of aldehydes is 1. The molecule has 2 aromatic heterocycles. The molecule has 0 aromatic carbocycles. The molecule has 0 unspecified atom stereocenters. The van der Waals surface area contributed by atoms with Gasteiger partial charge in [0.2, 0.25) is 0 Å². The number of fused-ring (bicyclic) bond motifs is 1. The molecule has 0 aliphatic rings. The molecule has 0 aliphatic heterocycles. The fourth-order valence-electron chi connectivity index (χ4n) is 1.13. The third-order valence-electron chi connectivity index (χ3n) is 1.76. The molecule has 0 radical (unpaired) electrons. The maximum Gasteiger partial charge on any atom is 0.345 e. The van der Waals surface area contributed by atoms with Crippen LogP contribution in [-0.4, -0.2) is 22.3 Å². The summed E-state index contributed by atoms with van der Waals surface area (Å²) in [4.78, 5) is 25.2.